The highest BCUT2D eigenvalue weighted by molar-refractivity contribution is 6.09. The van der Waals surface area contributed by atoms with Gasteiger partial charge in [-0.15, -0.1) is 0 Å². The first-order valence-electron chi connectivity index (χ1n) is 12.8. The second-order valence-corrected chi connectivity index (χ2v) is 8.67. The minimum Gasteiger partial charge on any atom is -0.493 e. The van der Waals surface area contributed by atoms with E-state index in [2.05, 4.69) is 5.32 Å². The summed E-state index contributed by atoms with van der Waals surface area (Å²) in [4.78, 5) is 24.1. The van der Waals surface area contributed by atoms with Crippen LogP contribution in [0.5, 0.6) is 11.5 Å². The van der Waals surface area contributed by atoms with Crippen LogP contribution in [0.1, 0.15) is 53.7 Å². The molecular weight excluding hydrogens is 503 g/mol. The molecule has 3 rings (SSSR count). The Morgan fingerprint density at radius 3 is 2.38 bits per heavy atom. The van der Waals surface area contributed by atoms with E-state index < -0.39 is 12.2 Å². The first-order chi connectivity index (χ1) is 18.9. The summed E-state index contributed by atoms with van der Waals surface area (Å²) in [6, 6.07) is 15.8. The molecule has 1 unspecified atom stereocenters. The number of carboxylic acids is 1. The van der Waals surface area contributed by atoms with E-state index >= 15 is 0 Å². The number of aliphatic carboxylic acids is 1. The number of anilines is 1. The Balaban J connectivity index is 1.55. The van der Waals surface area contributed by atoms with Crippen LogP contribution in [-0.4, -0.2) is 49.1 Å². The van der Waals surface area contributed by atoms with Crippen molar-refractivity contribution in [2.24, 2.45) is 0 Å². The maximum absolute atomic E-state index is 13.2. The molecule has 8 nitrogen and oxygen atoms in total. The van der Waals surface area contributed by atoms with Crippen LogP contribution in [0, 0.1) is 11.2 Å². The van der Waals surface area contributed by atoms with Crippen molar-refractivity contribution in [2.75, 3.05) is 25.1 Å². The number of carbonyl (C=O) groups excluding carboxylic acids is 1. The van der Waals surface area contributed by atoms with Crippen molar-refractivity contribution in [3.63, 3.8) is 0 Å². The normalized spacial score (nSPS) is 11.5. The summed E-state index contributed by atoms with van der Waals surface area (Å²) in [5, 5.41) is 19.7. The number of hydrogen-bond acceptors (Lipinski definition) is 7. The van der Waals surface area contributed by atoms with Gasteiger partial charge in [-0.05, 0) is 79.6 Å². The molecule has 0 aliphatic carbocycles. The zero-order chi connectivity index (χ0) is 28.2. The van der Waals surface area contributed by atoms with Crippen LogP contribution in [0.3, 0.4) is 0 Å². The first-order valence-corrected chi connectivity index (χ1v) is 12.8. The van der Waals surface area contributed by atoms with E-state index in [4.69, 9.17) is 19.6 Å². The molecule has 206 valence electrons. The summed E-state index contributed by atoms with van der Waals surface area (Å²) < 4.78 is 30.2. The lowest BCUT2D eigenvalue weighted by molar-refractivity contribution is -0.148. The zero-order valence-corrected chi connectivity index (χ0v) is 22.0. The largest absolute Gasteiger partial charge is 0.493 e. The number of carboxylic acid groups (broad SMARTS) is 1. The lowest BCUT2D eigenvalue weighted by atomic mass is 9.99. The van der Waals surface area contributed by atoms with E-state index in [1.165, 1.54) is 24.3 Å². The third kappa shape index (κ3) is 8.38. The van der Waals surface area contributed by atoms with Gasteiger partial charge in [0.15, 0.2) is 5.78 Å². The van der Waals surface area contributed by atoms with Crippen molar-refractivity contribution in [3.05, 3.63) is 88.7 Å². The van der Waals surface area contributed by atoms with Gasteiger partial charge in [0.05, 0.1) is 13.2 Å². The highest BCUT2D eigenvalue weighted by Crippen LogP contribution is 2.25. The van der Waals surface area contributed by atoms with Gasteiger partial charge in [-0.1, -0.05) is 13.3 Å². The highest BCUT2D eigenvalue weighted by atomic mass is 19.1. The molecule has 0 amide bonds. The molecule has 0 fully saturated rings. The zero-order valence-electron chi connectivity index (χ0n) is 22.0. The molecular formula is C30H33FN2O6. The number of nitrogens with one attached hydrogen (secondary N) is 2. The number of ether oxygens (including phenoxy) is 3. The number of benzene rings is 3. The van der Waals surface area contributed by atoms with Crippen LogP contribution in [0.15, 0.2) is 60.7 Å². The second kappa shape index (κ2) is 14.6. The first kappa shape index (κ1) is 29.3. The quantitative estimate of drug-likeness (QED) is 0.0928. The van der Waals surface area contributed by atoms with Crippen LogP contribution < -0.4 is 14.8 Å². The molecule has 3 aromatic rings. The Kier molecular flexibility index (Phi) is 11.0. The maximum Gasteiger partial charge on any atom is 0.353 e. The highest BCUT2D eigenvalue weighted by Gasteiger charge is 2.18. The lowest BCUT2D eigenvalue weighted by Crippen LogP contribution is -2.32. The number of carbonyl (C=O) groups is 2. The van der Waals surface area contributed by atoms with Gasteiger partial charge in [-0.2, -0.15) is 0 Å². The van der Waals surface area contributed by atoms with Crippen molar-refractivity contribution >= 4 is 23.7 Å². The van der Waals surface area contributed by atoms with Gasteiger partial charge in [0.25, 0.3) is 0 Å². The number of halogens is 1. The molecule has 0 spiro atoms. The molecule has 9 heteroatoms. The van der Waals surface area contributed by atoms with Crippen LogP contribution >= 0.6 is 0 Å². The summed E-state index contributed by atoms with van der Waals surface area (Å²) in [5.74, 6) is -0.464. The van der Waals surface area contributed by atoms with E-state index in [9.17, 15) is 19.1 Å². The Morgan fingerprint density at radius 1 is 1.00 bits per heavy atom. The molecule has 0 aliphatic heterocycles. The fraction of sp³-hybridized carbons (Fsp3) is 0.300. The van der Waals surface area contributed by atoms with Gasteiger partial charge in [-0.25, -0.2) is 9.18 Å². The number of ketones is 1. The average molecular weight is 537 g/mol. The molecule has 0 saturated carbocycles. The van der Waals surface area contributed by atoms with E-state index in [1.807, 2.05) is 13.0 Å². The predicted molar refractivity (Wildman–Crippen MR) is 147 cm³/mol. The summed E-state index contributed by atoms with van der Waals surface area (Å²) in [6.45, 7) is 4.74. The Bertz CT molecular complexity index is 1280. The average Bonchev–Trinajstić information content (AvgIpc) is 2.94. The fourth-order valence-electron chi connectivity index (χ4n) is 3.89. The summed E-state index contributed by atoms with van der Waals surface area (Å²) in [7, 11) is 0. The summed E-state index contributed by atoms with van der Waals surface area (Å²) in [5.41, 5.74) is 2.80. The monoisotopic (exact) mass is 536 g/mol. The van der Waals surface area contributed by atoms with Crippen molar-refractivity contribution in [1.82, 2.24) is 0 Å². The maximum atomic E-state index is 13.2. The van der Waals surface area contributed by atoms with E-state index in [0.717, 1.165) is 24.6 Å². The third-order valence-electron chi connectivity index (χ3n) is 5.79. The summed E-state index contributed by atoms with van der Waals surface area (Å²) in [6.07, 6.45) is 2.11. The molecule has 0 radical (unpaired) electrons. The van der Waals surface area contributed by atoms with Crippen molar-refractivity contribution in [2.45, 2.75) is 39.3 Å². The Labute approximate surface area is 227 Å². The summed E-state index contributed by atoms with van der Waals surface area (Å²) >= 11 is 0. The van der Waals surface area contributed by atoms with Crippen LogP contribution in [-0.2, 0) is 16.0 Å². The number of hydrogen-bond donors (Lipinski definition) is 3. The SMILES string of the molecule is CCCc1cc(C(=O)c2ccc(F)cc2)ccc1OCCCOc1ccc(NC(OCC)C(=O)O)c(C=N)c1. The number of aryl methyl sites for hydroxylation is 1. The molecule has 3 N–H and O–H groups in total. The van der Waals surface area contributed by atoms with Crippen molar-refractivity contribution < 1.29 is 33.3 Å². The van der Waals surface area contributed by atoms with E-state index in [-0.39, 0.29) is 18.2 Å². The van der Waals surface area contributed by atoms with Crippen molar-refractivity contribution in [3.8, 4) is 11.5 Å². The van der Waals surface area contributed by atoms with E-state index in [0.29, 0.717) is 53.5 Å². The molecule has 0 heterocycles. The van der Waals surface area contributed by atoms with Crippen molar-refractivity contribution in [1.29, 1.82) is 5.41 Å². The fourth-order valence-corrected chi connectivity index (χ4v) is 3.89. The Morgan fingerprint density at radius 2 is 1.72 bits per heavy atom. The second-order valence-electron chi connectivity index (χ2n) is 8.67. The topological polar surface area (TPSA) is 118 Å². The minimum atomic E-state index is -1.22. The van der Waals surface area contributed by atoms with Gasteiger partial charge in [0.2, 0.25) is 6.23 Å². The number of rotatable bonds is 16. The van der Waals surface area contributed by atoms with E-state index in [1.54, 1.807) is 37.3 Å². The smallest absolute Gasteiger partial charge is 0.353 e. The van der Waals surface area contributed by atoms with Crippen LogP contribution in [0.4, 0.5) is 10.1 Å². The van der Waals surface area contributed by atoms with Gasteiger partial charge in [-0.3, -0.25) is 4.79 Å². The van der Waals surface area contributed by atoms with Crippen LogP contribution in [0.2, 0.25) is 0 Å². The molecule has 39 heavy (non-hydrogen) atoms. The molecule has 0 aromatic heterocycles. The van der Waals surface area contributed by atoms with Gasteiger partial charge in [0, 0.05) is 41.6 Å². The molecule has 0 saturated heterocycles. The molecule has 0 aliphatic rings. The lowest BCUT2D eigenvalue weighted by Gasteiger charge is -2.17. The standard InChI is InChI=1S/C30H33FN2O6/c1-3-6-21-17-22(28(34)20-7-10-24(31)11-8-20)9-14-27(21)39-16-5-15-38-25-12-13-26(23(18-25)19-32)33-29(30(35)36)37-4-2/h7-14,17-19,29,32-33H,3-6,15-16H2,1-2H3,(H,35,36). The van der Waals surface area contributed by atoms with Crippen LogP contribution in [0.25, 0.3) is 0 Å². The minimum absolute atomic E-state index is 0.172. The molecule has 0 bridgehead atoms. The Hall–Kier alpha value is -4.24. The molecule has 1 atom stereocenters. The predicted octanol–water partition coefficient (Wildman–Crippen LogP) is 5.71. The van der Waals surface area contributed by atoms with Gasteiger partial charge >= 0.3 is 5.97 Å². The van der Waals surface area contributed by atoms with Gasteiger partial charge in [0.1, 0.15) is 17.3 Å². The van der Waals surface area contributed by atoms with Gasteiger partial charge < -0.3 is 30.0 Å². The molecule has 3 aromatic carbocycles. The third-order valence-corrected chi connectivity index (χ3v) is 5.79.